The monoisotopic (exact) mass is 417 g/mol. The molecule has 31 heavy (non-hydrogen) atoms. The van der Waals surface area contributed by atoms with Crippen LogP contribution in [0.25, 0.3) is 0 Å². The van der Waals surface area contributed by atoms with Gasteiger partial charge in [-0.3, -0.25) is 4.79 Å². The van der Waals surface area contributed by atoms with Crippen molar-refractivity contribution in [1.82, 2.24) is 4.98 Å². The first-order valence-corrected chi connectivity index (χ1v) is 9.91. The SMILES string of the molecule is CCOC(C#N)=C[C@@H]1C(C)(C)[C@]1(C#N)C(=O)OCc1cccc(Oc2ccccc2)n1. The first-order chi connectivity index (χ1) is 14.9. The Bertz CT molecular complexity index is 1070. The third-order valence-corrected chi connectivity index (χ3v) is 5.50. The molecule has 1 saturated carbocycles. The Kier molecular flexibility index (Phi) is 6.27. The Morgan fingerprint density at radius 3 is 2.52 bits per heavy atom. The van der Waals surface area contributed by atoms with Gasteiger partial charge in [-0.2, -0.15) is 10.5 Å². The summed E-state index contributed by atoms with van der Waals surface area (Å²) in [6, 6.07) is 18.5. The van der Waals surface area contributed by atoms with Gasteiger partial charge < -0.3 is 14.2 Å². The lowest BCUT2D eigenvalue weighted by Crippen LogP contribution is -2.23. The molecule has 1 aliphatic carbocycles. The van der Waals surface area contributed by atoms with Crippen LogP contribution in [-0.4, -0.2) is 17.6 Å². The second-order valence-electron chi connectivity index (χ2n) is 7.65. The molecule has 7 nitrogen and oxygen atoms in total. The predicted octanol–water partition coefficient (Wildman–Crippen LogP) is 4.53. The lowest BCUT2D eigenvalue weighted by atomic mass is 9.98. The smallest absolute Gasteiger partial charge is 0.328 e. The van der Waals surface area contributed by atoms with Crippen molar-refractivity contribution in [1.29, 1.82) is 10.5 Å². The van der Waals surface area contributed by atoms with Crippen LogP contribution in [0.5, 0.6) is 11.6 Å². The highest BCUT2D eigenvalue weighted by atomic mass is 16.5. The van der Waals surface area contributed by atoms with E-state index in [0.29, 0.717) is 23.9 Å². The maximum Gasteiger partial charge on any atom is 0.328 e. The molecule has 0 unspecified atom stereocenters. The molecule has 0 N–H and O–H groups in total. The van der Waals surface area contributed by atoms with E-state index in [4.69, 9.17) is 14.2 Å². The lowest BCUT2D eigenvalue weighted by molar-refractivity contribution is -0.150. The molecule has 158 valence electrons. The van der Waals surface area contributed by atoms with Gasteiger partial charge in [-0.15, -0.1) is 0 Å². The van der Waals surface area contributed by atoms with Gasteiger partial charge in [0.15, 0.2) is 11.2 Å². The summed E-state index contributed by atoms with van der Waals surface area (Å²) in [6.07, 6.45) is 1.54. The van der Waals surface area contributed by atoms with Crippen molar-refractivity contribution in [2.45, 2.75) is 27.4 Å². The number of aromatic nitrogens is 1. The van der Waals surface area contributed by atoms with E-state index in [9.17, 15) is 15.3 Å². The van der Waals surface area contributed by atoms with Gasteiger partial charge in [-0.1, -0.05) is 38.1 Å². The summed E-state index contributed by atoms with van der Waals surface area (Å²) in [7, 11) is 0. The molecule has 1 aromatic carbocycles. The summed E-state index contributed by atoms with van der Waals surface area (Å²) in [5.74, 6) is -0.0224. The Morgan fingerprint density at radius 1 is 1.13 bits per heavy atom. The number of rotatable bonds is 8. The van der Waals surface area contributed by atoms with Gasteiger partial charge in [0.25, 0.3) is 0 Å². The summed E-state index contributed by atoms with van der Waals surface area (Å²) in [5, 5.41) is 19.0. The number of carbonyl (C=O) groups is 1. The number of nitrogens with zero attached hydrogens (tertiary/aromatic N) is 3. The van der Waals surface area contributed by atoms with E-state index in [1.165, 1.54) is 0 Å². The number of ether oxygens (including phenoxy) is 3. The summed E-state index contributed by atoms with van der Waals surface area (Å²) >= 11 is 0. The van der Waals surface area contributed by atoms with E-state index in [1.54, 1.807) is 45.0 Å². The normalized spacial score (nSPS) is 21.3. The average Bonchev–Trinajstić information content (AvgIpc) is 3.26. The third kappa shape index (κ3) is 4.22. The van der Waals surface area contributed by atoms with Crippen LogP contribution in [0.1, 0.15) is 26.5 Å². The van der Waals surface area contributed by atoms with Gasteiger partial charge >= 0.3 is 5.97 Å². The van der Waals surface area contributed by atoms with Crippen molar-refractivity contribution in [2.24, 2.45) is 16.7 Å². The molecule has 1 aromatic heterocycles. The summed E-state index contributed by atoms with van der Waals surface area (Å²) < 4.78 is 16.4. The van der Waals surface area contributed by atoms with Gasteiger partial charge in [0, 0.05) is 17.4 Å². The number of carbonyl (C=O) groups excluding carboxylic acids is 1. The molecule has 1 heterocycles. The van der Waals surface area contributed by atoms with Gasteiger partial charge in [-0.05, 0) is 31.2 Å². The molecule has 1 aliphatic rings. The predicted molar refractivity (Wildman–Crippen MR) is 111 cm³/mol. The molecule has 0 amide bonds. The van der Waals surface area contributed by atoms with Gasteiger partial charge in [0.1, 0.15) is 18.4 Å². The number of para-hydroxylation sites is 1. The van der Waals surface area contributed by atoms with Crippen LogP contribution in [0.15, 0.2) is 60.4 Å². The summed E-state index contributed by atoms with van der Waals surface area (Å²) in [4.78, 5) is 17.3. The zero-order valence-electron chi connectivity index (χ0n) is 17.7. The Balaban J connectivity index is 1.71. The second-order valence-corrected chi connectivity index (χ2v) is 7.65. The number of nitriles is 2. The van der Waals surface area contributed by atoms with Crippen LogP contribution < -0.4 is 4.74 Å². The highest BCUT2D eigenvalue weighted by Crippen LogP contribution is 2.70. The van der Waals surface area contributed by atoms with E-state index in [1.807, 2.05) is 36.4 Å². The van der Waals surface area contributed by atoms with Crippen LogP contribution in [-0.2, 0) is 20.9 Å². The molecule has 1 fully saturated rings. The summed E-state index contributed by atoms with van der Waals surface area (Å²) in [6.45, 7) is 5.58. The standard InChI is InChI=1S/C24H23N3O4/c1-4-29-19(14-25)13-20-23(2,3)24(20,16-26)22(28)30-15-17-9-8-12-21(27-17)31-18-10-6-5-7-11-18/h5-13,20H,4,15H2,1-3H3/t20-,24+/m1/s1. The molecule has 0 spiro atoms. The van der Waals surface area contributed by atoms with Gasteiger partial charge in [0.05, 0.1) is 18.4 Å². The van der Waals surface area contributed by atoms with Crippen molar-refractivity contribution >= 4 is 5.97 Å². The van der Waals surface area contributed by atoms with Crippen molar-refractivity contribution < 1.29 is 19.0 Å². The first kappa shape index (κ1) is 21.9. The van der Waals surface area contributed by atoms with Crippen LogP contribution in [0, 0.1) is 39.4 Å². The second kappa shape index (κ2) is 8.89. The number of hydrogen-bond acceptors (Lipinski definition) is 7. The Labute approximate surface area is 181 Å². The first-order valence-electron chi connectivity index (χ1n) is 9.91. The molecule has 3 rings (SSSR count). The van der Waals surface area contributed by atoms with Crippen molar-refractivity contribution in [2.75, 3.05) is 6.61 Å². The number of esters is 1. The van der Waals surface area contributed by atoms with E-state index < -0.39 is 22.7 Å². The third-order valence-electron chi connectivity index (χ3n) is 5.50. The van der Waals surface area contributed by atoms with E-state index in [0.717, 1.165) is 0 Å². The molecular weight excluding hydrogens is 394 g/mol. The molecule has 0 saturated heterocycles. The van der Waals surface area contributed by atoms with Gasteiger partial charge in [0.2, 0.25) is 5.88 Å². The fourth-order valence-electron chi connectivity index (χ4n) is 3.67. The highest BCUT2D eigenvalue weighted by Gasteiger charge is 2.77. The van der Waals surface area contributed by atoms with E-state index in [-0.39, 0.29) is 12.4 Å². The maximum absolute atomic E-state index is 12.9. The van der Waals surface area contributed by atoms with Crippen LogP contribution in [0.4, 0.5) is 0 Å². The Hall–Kier alpha value is -3.84. The summed E-state index contributed by atoms with van der Waals surface area (Å²) in [5.41, 5.74) is -1.58. The largest absolute Gasteiger partial charge is 0.484 e. The molecule has 7 heteroatoms. The topological polar surface area (TPSA) is 105 Å². The molecule has 0 aliphatic heterocycles. The lowest BCUT2D eigenvalue weighted by Gasteiger charge is -2.12. The highest BCUT2D eigenvalue weighted by molar-refractivity contribution is 5.87. The minimum absolute atomic E-state index is 0.0953. The maximum atomic E-state index is 12.9. The van der Waals surface area contributed by atoms with Gasteiger partial charge in [-0.25, -0.2) is 4.98 Å². The zero-order chi connectivity index (χ0) is 22.5. The van der Waals surface area contributed by atoms with Crippen molar-refractivity contribution in [3.8, 4) is 23.8 Å². The molecule has 2 aromatic rings. The minimum Gasteiger partial charge on any atom is -0.484 e. The average molecular weight is 417 g/mol. The molecule has 2 atom stereocenters. The number of hydrogen-bond donors (Lipinski definition) is 0. The van der Waals surface area contributed by atoms with Crippen LogP contribution in [0.2, 0.25) is 0 Å². The number of benzene rings is 1. The molecule has 0 bridgehead atoms. The van der Waals surface area contributed by atoms with E-state index >= 15 is 0 Å². The van der Waals surface area contributed by atoms with Crippen molar-refractivity contribution in [3.05, 3.63) is 66.1 Å². The molecular formula is C24H23N3O4. The molecule has 0 radical (unpaired) electrons. The van der Waals surface area contributed by atoms with Crippen LogP contribution in [0.3, 0.4) is 0 Å². The Morgan fingerprint density at radius 2 is 1.87 bits per heavy atom. The van der Waals surface area contributed by atoms with Crippen LogP contribution >= 0.6 is 0 Å². The quantitative estimate of drug-likeness (QED) is 0.353. The number of allylic oxidation sites excluding steroid dienone is 2. The van der Waals surface area contributed by atoms with E-state index in [2.05, 4.69) is 11.1 Å². The zero-order valence-corrected chi connectivity index (χ0v) is 17.7. The van der Waals surface area contributed by atoms with Crippen molar-refractivity contribution in [3.63, 3.8) is 0 Å². The fourth-order valence-corrected chi connectivity index (χ4v) is 3.67. The number of pyridine rings is 1. The fraction of sp³-hybridized carbons (Fsp3) is 0.333. The minimum atomic E-state index is -1.38.